The van der Waals surface area contributed by atoms with Gasteiger partial charge in [0, 0.05) is 10.3 Å². The standard InChI is InChI=1S/C17H25NOS/c1-13(2)9-12-17(10-5-6-11-17)16(19)18-14-7-3-4-8-15(14)20/h3-4,7-8,13,20H,5-6,9-12H2,1-2H3,(H,18,19). The molecule has 2 rings (SSSR count). The maximum absolute atomic E-state index is 12.8. The molecule has 1 aliphatic rings. The molecular weight excluding hydrogens is 266 g/mol. The van der Waals surface area contributed by atoms with Gasteiger partial charge in [-0.25, -0.2) is 0 Å². The maximum Gasteiger partial charge on any atom is 0.230 e. The van der Waals surface area contributed by atoms with Crippen LogP contribution >= 0.6 is 12.6 Å². The first-order chi connectivity index (χ1) is 9.53. The lowest BCUT2D eigenvalue weighted by molar-refractivity contribution is -0.125. The van der Waals surface area contributed by atoms with Crippen molar-refractivity contribution >= 4 is 24.2 Å². The number of anilines is 1. The monoisotopic (exact) mass is 291 g/mol. The van der Waals surface area contributed by atoms with Crippen molar-refractivity contribution in [2.45, 2.75) is 57.3 Å². The van der Waals surface area contributed by atoms with Gasteiger partial charge in [-0.2, -0.15) is 0 Å². The quantitative estimate of drug-likeness (QED) is 0.741. The first-order valence-corrected chi connectivity index (χ1v) is 8.08. The highest BCUT2D eigenvalue weighted by atomic mass is 32.1. The molecule has 3 heteroatoms. The number of para-hydroxylation sites is 1. The molecule has 2 nitrogen and oxygen atoms in total. The van der Waals surface area contributed by atoms with Crippen molar-refractivity contribution in [3.8, 4) is 0 Å². The lowest BCUT2D eigenvalue weighted by Crippen LogP contribution is -2.34. The molecule has 0 bridgehead atoms. The lowest BCUT2D eigenvalue weighted by Gasteiger charge is -2.28. The Morgan fingerprint density at radius 2 is 1.95 bits per heavy atom. The number of nitrogens with one attached hydrogen (secondary N) is 1. The number of amides is 1. The maximum atomic E-state index is 12.8. The lowest BCUT2D eigenvalue weighted by atomic mass is 9.79. The molecule has 0 aromatic heterocycles. The summed E-state index contributed by atoms with van der Waals surface area (Å²) < 4.78 is 0. The van der Waals surface area contributed by atoms with Crippen LogP contribution in [0.3, 0.4) is 0 Å². The molecule has 0 atom stereocenters. The molecule has 1 N–H and O–H groups in total. The van der Waals surface area contributed by atoms with Gasteiger partial charge in [0.25, 0.3) is 0 Å². The van der Waals surface area contributed by atoms with Gasteiger partial charge in [-0.1, -0.05) is 38.8 Å². The van der Waals surface area contributed by atoms with Gasteiger partial charge in [-0.3, -0.25) is 4.79 Å². The first kappa shape index (κ1) is 15.4. The summed E-state index contributed by atoms with van der Waals surface area (Å²) in [5, 5.41) is 3.10. The van der Waals surface area contributed by atoms with E-state index in [4.69, 9.17) is 0 Å². The second kappa shape index (κ2) is 6.66. The predicted octanol–water partition coefficient (Wildman–Crippen LogP) is 4.91. The zero-order chi connectivity index (χ0) is 14.6. The average Bonchev–Trinajstić information content (AvgIpc) is 2.89. The van der Waals surface area contributed by atoms with Crippen LogP contribution in [-0.4, -0.2) is 5.91 Å². The van der Waals surface area contributed by atoms with Crippen LogP contribution in [0.25, 0.3) is 0 Å². The summed E-state index contributed by atoms with van der Waals surface area (Å²) >= 11 is 4.41. The van der Waals surface area contributed by atoms with E-state index in [2.05, 4.69) is 31.8 Å². The van der Waals surface area contributed by atoms with Crippen LogP contribution in [0.15, 0.2) is 29.2 Å². The summed E-state index contributed by atoms with van der Waals surface area (Å²) in [4.78, 5) is 13.6. The number of hydrogen-bond acceptors (Lipinski definition) is 2. The molecule has 1 saturated carbocycles. The average molecular weight is 291 g/mol. The van der Waals surface area contributed by atoms with Crippen molar-refractivity contribution in [3.05, 3.63) is 24.3 Å². The second-order valence-electron chi connectivity index (χ2n) is 6.39. The number of benzene rings is 1. The van der Waals surface area contributed by atoms with E-state index in [0.29, 0.717) is 5.92 Å². The van der Waals surface area contributed by atoms with E-state index in [1.54, 1.807) is 0 Å². The van der Waals surface area contributed by atoms with Crippen LogP contribution in [0.1, 0.15) is 52.4 Å². The van der Waals surface area contributed by atoms with Gasteiger partial charge < -0.3 is 5.32 Å². The SMILES string of the molecule is CC(C)CCC1(C(=O)Nc2ccccc2S)CCCC1. The van der Waals surface area contributed by atoms with Gasteiger partial charge in [0.1, 0.15) is 0 Å². The van der Waals surface area contributed by atoms with Gasteiger partial charge in [0.05, 0.1) is 5.69 Å². The van der Waals surface area contributed by atoms with E-state index in [1.807, 2.05) is 24.3 Å². The number of thiol groups is 1. The van der Waals surface area contributed by atoms with Gasteiger partial charge in [-0.15, -0.1) is 12.6 Å². The van der Waals surface area contributed by atoms with Crippen molar-refractivity contribution < 1.29 is 4.79 Å². The minimum Gasteiger partial charge on any atom is -0.325 e. The molecule has 0 heterocycles. The fraction of sp³-hybridized carbons (Fsp3) is 0.588. The van der Waals surface area contributed by atoms with Crippen LogP contribution in [0.4, 0.5) is 5.69 Å². The molecule has 110 valence electrons. The third-order valence-corrected chi connectivity index (χ3v) is 4.78. The van der Waals surface area contributed by atoms with E-state index >= 15 is 0 Å². The van der Waals surface area contributed by atoms with Crippen LogP contribution in [0, 0.1) is 11.3 Å². The molecule has 1 fully saturated rings. The molecule has 0 aliphatic heterocycles. The van der Waals surface area contributed by atoms with Crippen LogP contribution in [0.2, 0.25) is 0 Å². The predicted molar refractivity (Wildman–Crippen MR) is 87.3 cm³/mol. The van der Waals surface area contributed by atoms with Gasteiger partial charge in [0.2, 0.25) is 5.91 Å². The third-order valence-electron chi connectivity index (χ3n) is 4.39. The van der Waals surface area contributed by atoms with Crippen molar-refractivity contribution in [2.24, 2.45) is 11.3 Å². The molecule has 20 heavy (non-hydrogen) atoms. The molecule has 0 unspecified atom stereocenters. The molecule has 1 aromatic rings. The minimum atomic E-state index is -0.152. The van der Waals surface area contributed by atoms with Gasteiger partial charge >= 0.3 is 0 Å². The van der Waals surface area contributed by atoms with E-state index in [9.17, 15) is 4.79 Å². The Bertz CT molecular complexity index is 464. The molecule has 0 radical (unpaired) electrons. The van der Waals surface area contributed by atoms with Crippen LogP contribution < -0.4 is 5.32 Å². The van der Waals surface area contributed by atoms with Gasteiger partial charge in [-0.05, 0) is 43.7 Å². The van der Waals surface area contributed by atoms with E-state index in [-0.39, 0.29) is 11.3 Å². The van der Waals surface area contributed by atoms with E-state index in [1.165, 1.54) is 12.8 Å². The fourth-order valence-electron chi connectivity index (χ4n) is 3.04. The Morgan fingerprint density at radius 1 is 1.30 bits per heavy atom. The number of carbonyl (C=O) groups is 1. The van der Waals surface area contributed by atoms with Gasteiger partial charge in [0.15, 0.2) is 0 Å². The van der Waals surface area contributed by atoms with Crippen LogP contribution in [0.5, 0.6) is 0 Å². The minimum absolute atomic E-state index is 0.152. The molecule has 1 aliphatic carbocycles. The molecule has 0 saturated heterocycles. The largest absolute Gasteiger partial charge is 0.325 e. The van der Waals surface area contributed by atoms with Crippen molar-refractivity contribution in [2.75, 3.05) is 5.32 Å². The highest BCUT2D eigenvalue weighted by Crippen LogP contribution is 2.43. The summed E-state index contributed by atoms with van der Waals surface area (Å²) in [7, 11) is 0. The fourth-order valence-corrected chi connectivity index (χ4v) is 3.26. The Balaban J connectivity index is 2.09. The zero-order valence-corrected chi connectivity index (χ0v) is 13.4. The number of rotatable bonds is 5. The van der Waals surface area contributed by atoms with E-state index in [0.717, 1.165) is 36.3 Å². The smallest absolute Gasteiger partial charge is 0.230 e. The summed E-state index contributed by atoms with van der Waals surface area (Å²) in [6.45, 7) is 4.45. The Hall–Kier alpha value is -0.960. The highest BCUT2D eigenvalue weighted by molar-refractivity contribution is 7.80. The van der Waals surface area contributed by atoms with Crippen molar-refractivity contribution in [1.29, 1.82) is 0 Å². The Kier molecular flexibility index (Phi) is 5.14. The third kappa shape index (κ3) is 3.57. The number of hydrogen-bond donors (Lipinski definition) is 2. The van der Waals surface area contributed by atoms with Crippen LogP contribution in [-0.2, 0) is 4.79 Å². The van der Waals surface area contributed by atoms with Crippen molar-refractivity contribution in [3.63, 3.8) is 0 Å². The first-order valence-electron chi connectivity index (χ1n) is 7.63. The normalized spacial score (nSPS) is 17.4. The van der Waals surface area contributed by atoms with E-state index < -0.39 is 0 Å². The Morgan fingerprint density at radius 3 is 2.55 bits per heavy atom. The Labute approximate surface area is 127 Å². The molecular formula is C17H25NOS. The summed E-state index contributed by atoms with van der Waals surface area (Å²) in [5.41, 5.74) is 0.678. The number of carbonyl (C=O) groups excluding carboxylic acids is 1. The zero-order valence-electron chi connectivity index (χ0n) is 12.5. The summed E-state index contributed by atoms with van der Waals surface area (Å²) in [5.74, 6) is 0.842. The molecule has 1 aromatic carbocycles. The second-order valence-corrected chi connectivity index (χ2v) is 6.87. The topological polar surface area (TPSA) is 29.1 Å². The highest BCUT2D eigenvalue weighted by Gasteiger charge is 2.40. The molecule has 1 amide bonds. The summed E-state index contributed by atoms with van der Waals surface area (Å²) in [6, 6.07) is 7.70. The summed E-state index contributed by atoms with van der Waals surface area (Å²) in [6.07, 6.45) is 6.53. The van der Waals surface area contributed by atoms with Crippen molar-refractivity contribution in [1.82, 2.24) is 0 Å². The molecule has 0 spiro atoms.